The van der Waals surface area contributed by atoms with E-state index in [0.29, 0.717) is 0 Å². The maximum atomic E-state index is 8.31. The molecular formula is C8H23ClN2O4. The molecule has 8 N–H and O–H groups in total. The number of hydrogen-bond acceptors (Lipinski definition) is 6. The standard InChI is InChI=1S/2C4H11NO2.ClH/c2*1-4(5,2-6)3-7;/h2*6-7H,2-3,5H2,1H3;1H. The van der Waals surface area contributed by atoms with Gasteiger partial charge in [0.2, 0.25) is 0 Å². The van der Waals surface area contributed by atoms with Gasteiger partial charge in [-0.25, -0.2) is 0 Å². The predicted molar refractivity (Wildman–Crippen MR) is 60.8 cm³/mol. The monoisotopic (exact) mass is 246 g/mol. The summed E-state index contributed by atoms with van der Waals surface area (Å²) in [6.45, 7) is 2.44. The maximum absolute atomic E-state index is 8.31. The molecule has 0 spiro atoms. The Hall–Kier alpha value is 0.0500. The zero-order chi connectivity index (χ0) is 11.8. The first kappa shape index (κ1) is 20.5. The summed E-state index contributed by atoms with van der Waals surface area (Å²) in [5.41, 5.74) is 8.82. The third-order valence-electron chi connectivity index (χ3n) is 1.44. The molecule has 6 nitrogen and oxygen atoms in total. The lowest BCUT2D eigenvalue weighted by Crippen LogP contribution is -2.43. The fraction of sp³-hybridized carbons (Fsp3) is 1.00. The lowest BCUT2D eigenvalue weighted by Gasteiger charge is -2.16. The molecule has 15 heavy (non-hydrogen) atoms. The molecule has 0 saturated heterocycles. The molecule has 0 aromatic heterocycles. The molecule has 0 aliphatic heterocycles. The largest absolute Gasteiger partial charge is 0.394 e. The van der Waals surface area contributed by atoms with E-state index < -0.39 is 11.1 Å². The highest BCUT2D eigenvalue weighted by Gasteiger charge is 2.14. The lowest BCUT2D eigenvalue weighted by atomic mass is 10.1. The minimum absolute atomic E-state index is 0. The first-order chi connectivity index (χ1) is 6.24. The molecule has 0 unspecified atom stereocenters. The lowest BCUT2D eigenvalue weighted by molar-refractivity contribution is 0.134. The van der Waals surface area contributed by atoms with Crippen molar-refractivity contribution >= 4 is 12.4 Å². The van der Waals surface area contributed by atoms with E-state index in [2.05, 4.69) is 0 Å². The van der Waals surface area contributed by atoms with Crippen molar-refractivity contribution in [3.8, 4) is 0 Å². The average Bonchev–Trinajstić information content (AvgIpc) is 2.19. The van der Waals surface area contributed by atoms with E-state index in [0.717, 1.165) is 0 Å². The Morgan fingerprint density at radius 1 is 0.733 bits per heavy atom. The van der Waals surface area contributed by atoms with Gasteiger partial charge in [-0.15, -0.1) is 12.4 Å². The molecule has 0 saturated carbocycles. The molecule has 7 heteroatoms. The van der Waals surface area contributed by atoms with Crippen LogP contribution in [-0.2, 0) is 0 Å². The van der Waals surface area contributed by atoms with E-state index in [-0.39, 0.29) is 38.8 Å². The smallest absolute Gasteiger partial charge is 0.0631 e. The molecule has 0 amide bonds. The van der Waals surface area contributed by atoms with Gasteiger partial charge in [0.15, 0.2) is 0 Å². The normalized spacial score (nSPS) is 11.2. The molecule has 0 bridgehead atoms. The van der Waals surface area contributed by atoms with Crippen LogP contribution < -0.4 is 11.5 Å². The summed E-state index contributed by atoms with van der Waals surface area (Å²) in [5, 5.41) is 33.2. The number of rotatable bonds is 4. The third-order valence-corrected chi connectivity index (χ3v) is 1.44. The quantitative estimate of drug-likeness (QED) is 0.334. The van der Waals surface area contributed by atoms with Crippen molar-refractivity contribution in [3.05, 3.63) is 0 Å². The van der Waals surface area contributed by atoms with Crippen molar-refractivity contribution in [2.75, 3.05) is 26.4 Å². The van der Waals surface area contributed by atoms with Crippen LogP contribution in [0.4, 0.5) is 0 Å². The van der Waals surface area contributed by atoms with Crippen molar-refractivity contribution in [1.82, 2.24) is 0 Å². The van der Waals surface area contributed by atoms with Crippen LogP contribution in [0.2, 0.25) is 0 Å². The molecule has 0 aliphatic carbocycles. The van der Waals surface area contributed by atoms with E-state index in [1.54, 1.807) is 13.8 Å². The second-order valence-corrected chi connectivity index (χ2v) is 3.94. The van der Waals surface area contributed by atoms with Gasteiger partial charge in [0.1, 0.15) is 0 Å². The van der Waals surface area contributed by atoms with Gasteiger partial charge in [0.05, 0.1) is 37.5 Å². The van der Waals surface area contributed by atoms with Gasteiger partial charge in [0, 0.05) is 0 Å². The molecule has 0 atom stereocenters. The first-order valence-corrected chi connectivity index (χ1v) is 4.26. The molecule has 96 valence electrons. The summed E-state index contributed by atoms with van der Waals surface area (Å²) in [6, 6.07) is 0. The van der Waals surface area contributed by atoms with Crippen LogP contribution in [-0.4, -0.2) is 57.9 Å². The number of aliphatic hydroxyl groups excluding tert-OH is 4. The fourth-order valence-corrected chi connectivity index (χ4v) is 0.1000. The highest BCUT2D eigenvalue weighted by molar-refractivity contribution is 5.85. The number of hydrogen-bond donors (Lipinski definition) is 6. The van der Waals surface area contributed by atoms with Gasteiger partial charge in [-0.05, 0) is 13.8 Å². The van der Waals surface area contributed by atoms with E-state index in [4.69, 9.17) is 31.9 Å². The summed E-state index contributed by atoms with van der Waals surface area (Å²) < 4.78 is 0. The number of aliphatic hydroxyl groups is 4. The molecular weight excluding hydrogens is 224 g/mol. The molecule has 0 rings (SSSR count). The summed E-state index contributed by atoms with van der Waals surface area (Å²) in [7, 11) is 0. The van der Waals surface area contributed by atoms with E-state index in [1.807, 2.05) is 0 Å². The van der Waals surface area contributed by atoms with Crippen LogP contribution in [0.15, 0.2) is 0 Å². The van der Waals surface area contributed by atoms with Crippen molar-refractivity contribution in [3.63, 3.8) is 0 Å². The Morgan fingerprint density at radius 2 is 0.867 bits per heavy atom. The van der Waals surface area contributed by atoms with Crippen molar-refractivity contribution in [1.29, 1.82) is 0 Å². The summed E-state index contributed by atoms with van der Waals surface area (Å²) in [5.74, 6) is 0. The minimum Gasteiger partial charge on any atom is -0.394 e. The summed E-state index contributed by atoms with van der Waals surface area (Å²) >= 11 is 0. The average molecular weight is 247 g/mol. The zero-order valence-electron chi connectivity index (χ0n) is 9.18. The zero-order valence-corrected chi connectivity index (χ0v) is 10.00. The highest BCUT2D eigenvalue weighted by atomic mass is 35.5. The molecule has 0 aliphatic rings. The van der Waals surface area contributed by atoms with Crippen LogP contribution in [0.25, 0.3) is 0 Å². The second-order valence-electron chi connectivity index (χ2n) is 3.94. The van der Waals surface area contributed by atoms with E-state index >= 15 is 0 Å². The van der Waals surface area contributed by atoms with Crippen molar-refractivity contribution in [2.45, 2.75) is 24.9 Å². The van der Waals surface area contributed by atoms with Crippen molar-refractivity contribution < 1.29 is 20.4 Å². The van der Waals surface area contributed by atoms with E-state index in [9.17, 15) is 0 Å². The number of halogens is 1. The second kappa shape index (κ2) is 9.29. The summed E-state index contributed by atoms with van der Waals surface area (Å²) in [6.07, 6.45) is 0. The Kier molecular flexibility index (Phi) is 12.7. The SMILES string of the molecule is CC(N)(CO)CO.CC(N)(CO)CO.Cl. The Labute approximate surface area is 96.3 Å². The topological polar surface area (TPSA) is 133 Å². The minimum atomic E-state index is -0.806. The van der Waals surface area contributed by atoms with Gasteiger partial charge < -0.3 is 31.9 Å². The van der Waals surface area contributed by atoms with Crippen molar-refractivity contribution in [2.24, 2.45) is 11.5 Å². The van der Waals surface area contributed by atoms with Gasteiger partial charge >= 0.3 is 0 Å². The van der Waals surface area contributed by atoms with Crippen LogP contribution in [0.5, 0.6) is 0 Å². The van der Waals surface area contributed by atoms with Gasteiger partial charge in [-0.2, -0.15) is 0 Å². The molecule has 0 heterocycles. The Bertz CT molecular complexity index is 117. The summed E-state index contributed by atoms with van der Waals surface area (Å²) in [4.78, 5) is 0. The fourth-order valence-electron chi connectivity index (χ4n) is 0.1000. The Balaban J connectivity index is -0.000000180. The molecule has 0 aromatic carbocycles. The van der Waals surface area contributed by atoms with E-state index in [1.165, 1.54) is 0 Å². The molecule has 0 aromatic rings. The van der Waals surface area contributed by atoms with Crippen LogP contribution in [0.1, 0.15) is 13.8 Å². The number of nitrogens with two attached hydrogens (primary N) is 2. The predicted octanol–water partition coefficient (Wildman–Crippen LogP) is -2.20. The highest BCUT2D eigenvalue weighted by Crippen LogP contribution is 1.92. The van der Waals surface area contributed by atoms with Gasteiger partial charge in [-0.1, -0.05) is 0 Å². The van der Waals surface area contributed by atoms with Crippen LogP contribution >= 0.6 is 12.4 Å². The Morgan fingerprint density at radius 3 is 0.867 bits per heavy atom. The van der Waals surface area contributed by atoms with Gasteiger partial charge in [0.25, 0.3) is 0 Å². The van der Waals surface area contributed by atoms with Crippen LogP contribution in [0, 0.1) is 0 Å². The molecule has 0 fully saturated rings. The molecule has 0 radical (unpaired) electrons. The van der Waals surface area contributed by atoms with Crippen LogP contribution in [0.3, 0.4) is 0 Å². The maximum Gasteiger partial charge on any atom is 0.0631 e. The third kappa shape index (κ3) is 14.1. The first-order valence-electron chi connectivity index (χ1n) is 4.26. The van der Waals surface area contributed by atoms with Gasteiger partial charge in [-0.3, -0.25) is 0 Å².